The molecule has 2 aromatic carbocycles. The molecule has 81 valence electrons. The average molecular weight is 211 g/mol. The summed E-state index contributed by atoms with van der Waals surface area (Å²) in [5, 5.41) is 0. The highest BCUT2D eigenvalue weighted by molar-refractivity contribution is 5.28. The van der Waals surface area contributed by atoms with E-state index in [2.05, 4.69) is 36.4 Å². The van der Waals surface area contributed by atoms with Crippen molar-refractivity contribution >= 4 is 0 Å². The maximum atomic E-state index is 5.15. The smallest absolute Gasteiger partial charge is 0.127 e. The summed E-state index contributed by atoms with van der Waals surface area (Å²) >= 11 is 0. The zero-order chi connectivity index (χ0) is 11.2. The minimum absolute atomic E-state index is 0.811. The van der Waals surface area contributed by atoms with Gasteiger partial charge in [-0.3, -0.25) is 0 Å². The van der Waals surface area contributed by atoms with Gasteiger partial charge in [0.2, 0.25) is 0 Å². The standard InChI is InChI=1S/C15H15O/c1-16-15-9-5-8-14(12-15)11-10-13-6-3-2-4-7-13/h2-8,12H,10-11H2,1H3. The number of hydrogen-bond donors (Lipinski definition) is 0. The van der Waals surface area contributed by atoms with Crippen LogP contribution in [0.15, 0.2) is 48.5 Å². The van der Waals surface area contributed by atoms with E-state index in [0.717, 1.165) is 18.6 Å². The van der Waals surface area contributed by atoms with Gasteiger partial charge in [0.05, 0.1) is 7.11 Å². The van der Waals surface area contributed by atoms with Gasteiger partial charge in [0.15, 0.2) is 0 Å². The van der Waals surface area contributed by atoms with E-state index in [1.165, 1.54) is 11.1 Å². The Labute approximate surface area is 96.7 Å². The lowest BCUT2D eigenvalue weighted by atomic mass is 10.0. The highest BCUT2D eigenvalue weighted by Gasteiger charge is 1.97. The molecule has 2 aromatic rings. The first-order chi connectivity index (χ1) is 7.88. The first kappa shape index (κ1) is 10.7. The van der Waals surface area contributed by atoms with Crippen LogP contribution in [0.25, 0.3) is 0 Å². The predicted molar refractivity (Wildman–Crippen MR) is 65.7 cm³/mol. The van der Waals surface area contributed by atoms with Crippen LogP contribution in [-0.2, 0) is 12.8 Å². The molecule has 0 aliphatic rings. The van der Waals surface area contributed by atoms with Gasteiger partial charge in [-0.1, -0.05) is 42.5 Å². The minimum Gasteiger partial charge on any atom is -0.496 e. The van der Waals surface area contributed by atoms with Crippen LogP contribution in [0.3, 0.4) is 0 Å². The average Bonchev–Trinajstić information content (AvgIpc) is 2.38. The molecule has 0 fully saturated rings. The molecule has 0 aromatic heterocycles. The van der Waals surface area contributed by atoms with Gasteiger partial charge in [-0.25, -0.2) is 0 Å². The summed E-state index contributed by atoms with van der Waals surface area (Å²) in [6, 6.07) is 19.6. The van der Waals surface area contributed by atoms with Crippen molar-refractivity contribution in [3.05, 3.63) is 65.7 Å². The third kappa shape index (κ3) is 2.86. The van der Waals surface area contributed by atoms with Gasteiger partial charge in [-0.05, 0) is 30.0 Å². The Bertz CT molecular complexity index is 434. The van der Waals surface area contributed by atoms with Crippen molar-refractivity contribution in [3.63, 3.8) is 0 Å². The fourth-order valence-corrected chi connectivity index (χ4v) is 1.70. The lowest BCUT2D eigenvalue weighted by molar-refractivity contribution is 0.413. The van der Waals surface area contributed by atoms with E-state index in [4.69, 9.17) is 4.74 Å². The summed E-state index contributed by atoms with van der Waals surface area (Å²) in [4.78, 5) is 0. The number of ether oxygens (including phenoxy) is 1. The van der Waals surface area contributed by atoms with Gasteiger partial charge in [0.1, 0.15) is 5.75 Å². The van der Waals surface area contributed by atoms with Crippen molar-refractivity contribution in [2.24, 2.45) is 0 Å². The van der Waals surface area contributed by atoms with Gasteiger partial charge < -0.3 is 4.74 Å². The molecule has 1 radical (unpaired) electrons. The lowest BCUT2D eigenvalue weighted by Gasteiger charge is -2.04. The molecular weight excluding hydrogens is 196 g/mol. The van der Waals surface area contributed by atoms with Crippen molar-refractivity contribution in [1.82, 2.24) is 0 Å². The van der Waals surface area contributed by atoms with Crippen LogP contribution >= 0.6 is 0 Å². The zero-order valence-electron chi connectivity index (χ0n) is 9.44. The highest BCUT2D eigenvalue weighted by atomic mass is 16.5. The second-order valence-corrected chi connectivity index (χ2v) is 3.75. The molecule has 0 N–H and O–H groups in total. The zero-order valence-corrected chi connectivity index (χ0v) is 9.44. The van der Waals surface area contributed by atoms with E-state index >= 15 is 0 Å². The fourth-order valence-electron chi connectivity index (χ4n) is 1.70. The topological polar surface area (TPSA) is 9.23 Å². The number of benzene rings is 2. The van der Waals surface area contributed by atoms with Crippen LogP contribution in [0.1, 0.15) is 11.1 Å². The van der Waals surface area contributed by atoms with Crippen molar-refractivity contribution < 1.29 is 4.74 Å². The van der Waals surface area contributed by atoms with Crippen molar-refractivity contribution in [3.8, 4) is 5.75 Å². The first-order valence-electron chi connectivity index (χ1n) is 5.47. The molecule has 0 aliphatic carbocycles. The summed E-state index contributed by atoms with van der Waals surface area (Å²) in [7, 11) is 1.67. The van der Waals surface area contributed by atoms with Crippen LogP contribution in [0.2, 0.25) is 0 Å². The number of aryl methyl sites for hydroxylation is 2. The second kappa shape index (κ2) is 5.36. The SMILES string of the molecule is COc1[c]ccc(CCc2ccccc2)c1. The summed E-state index contributed by atoms with van der Waals surface area (Å²) in [6.07, 6.45) is 2.10. The Hall–Kier alpha value is -1.76. The number of methoxy groups -OCH3 is 1. The molecule has 0 saturated carbocycles. The van der Waals surface area contributed by atoms with E-state index in [1.54, 1.807) is 7.11 Å². The Morgan fingerprint density at radius 2 is 1.75 bits per heavy atom. The molecule has 1 heteroatoms. The molecule has 0 atom stereocenters. The van der Waals surface area contributed by atoms with Crippen molar-refractivity contribution in [2.75, 3.05) is 7.11 Å². The summed E-state index contributed by atoms with van der Waals surface area (Å²) in [5.41, 5.74) is 2.66. The number of rotatable bonds is 4. The molecule has 0 unspecified atom stereocenters. The predicted octanol–water partition coefficient (Wildman–Crippen LogP) is 3.28. The Balaban J connectivity index is 1.99. The van der Waals surface area contributed by atoms with Crippen LogP contribution in [0.4, 0.5) is 0 Å². The van der Waals surface area contributed by atoms with Crippen LogP contribution in [-0.4, -0.2) is 7.11 Å². The van der Waals surface area contributed by atoms with Gasteiger partial charge in [-0.15, -0.1) is 0 Å². The lowest BCUT2D eigenvalue weighted by Crippen LogP contribution is -1.92. The monoisotopic (exact) mass is 211 g/mol. The van der Waals surface area contributed by atoms with Crippen LogP contribution < -0.4 is 4.74 Å². The van der Waals surface area contributed by atoms with E-state index in [0.29, 0.717) is 0 Å². The third-order valence-corrected chi connectivity index (χ3v) is 2.60. The van der Waals surface area contributed by atoms with E-state index in [1.807, 2.05) is 18.2 Å². The van der Waals surface area contributed by atoms with Gasteiger partial charge in [-0.2, -0.15) is 0 Å². The molecule has 0 aliphatic heterocycles. The Morgan fingerprint density at radius 3 is 2.50 bits per heavy atom. The quantitative estimate of drug-likeness (QED) is 0.754. The minimum atomic E-state index is 0.811. The molecule has 16 heavy (non-hydrogen) atoms. The van der Waals surface area contributed by atoms with Gasteiger partial charge >= 0.3 is 0 Å². The summed E-state index contributed by atoms with van der Waals surface area (Å²) in [5.74, 6) is 0.811. The highest BCUT2D eigenvalue weighted by Crippen LogP contribution is 2.13. The molecule has 0 heterocycles. The Morgan fingerprint density at radius 1 is 1.00 bits per heavy atom. The summed E-state index contributed by atoms with van der Waals surface area (Å²) < 4.78 is 5.15. The largest absolute Gasteiger partial charge is 0.496 e. The van der Waals surface area contributed by atoms with Gasteiger partial charge in [0, 0.05) is 6.07 Å². The van der Waals surface area contributed by atoms with E-state index in [-0.39, 0.29) is 0 Å². The number of hydrogen-bond acceptors (Lipinski definition) is 1. The van der Waals surface area contributed by atoms with Crippen LogP contribution in [0.5, 0.6) is 5.75 Å². The molecular formula is C15H15O. The maximum Gasteiger partial charge on any atom is 0.127 e. The van der Waals surface area contributed by atoms with Crippen LogP contribution in [0, 0.1) is 6.07 Å². The molecule has 0 saturated heterocycles. The van der Waals surface area contributed by atoms with E-state index in [9.17, 15) is 0 Å². The van der Waals surface area contributed by atoms with Crippen molar-refractivity contribution in [2.45, 2.75) is 12.8 Å². The molecule has 0 bridgehead atoms. The third-order valence-electron chi connectivity index (χ3n) is 2.60. The fraction of sp³-hybridized carbons (Fsp3) is 0.200. The molecule has 1 nitrogen and oxygen atoms in total. The summed E-state index contributed by atoms with van der Waals surface area (Å²) in [6.45, 7) is 0. The normalized spacial score (nSPS) is 10.1. The molecule has 0 amide bonds. The molecule has 0 spiro atoms. The van der Waals surface area contributed by atoms with E-state index < -0.39 is 0 Å². The first-order valence-corrected chi connectivity index (χ1v) is 5.47. The molecule has 2 rings (SSSR count). The maximum absolute atomic E-state index is 5.15. The van der Waals surface area contributed by atoms with Gasteiger partial charge in [0.25, 0.3) is 0 Å². The second-order valence-electron chi connectivity index (χ2n) is 3.75. The van der Waals surface area contributed by atoms with Crippen molar-refractivity contribution in [1.29, 1.82) is 0 Å². The Kier molecular flexibility index (Phi) is 3.60.